The van der Waals surface area contributed by atoms with Gasteiger partial charge in [0.1, 0.15) is 12.4 Å². The maximum Gasteiger partial charge on any atom is 0.137 e. The number of hydrogen-bond acceptors (Lipinski definition) is 1. The molecule has 0 unspecified atom stereocenters. The van der Waals surface area contributed by atoms with Crippen molar-refractivity contribution in [1.82, 2.24) is 9.97 Å². The zero-order chi connectivity index (χ0) is 8.23. The Kier molecular flexibility index (Phi) is 1.86. The molecule has 3 nitrogen and oxygen atoms in total. The molecule has 0 radical (unpaired) electrons. The van der Waals surface area contributed by atoms with Crippen LogP contribution in [0.15, 0.2) is 36.8 Å². The highest BCUT2D eigenvalue weighted by molar-refractivity contribution is 5.16. The minimum Gasteiger partial charge on any atom is -0.486 e. The van der Waals surface area contributed by atoms with Crippen molar-refractivity contribution >= 4 is 0 Å². The van der Waals surface area contributed by atoms with E-state index in [4.69, 9.17) is 4.74 Å². The van der Waals surface area contributed by atoms with E-state index in [-0.39, 0.29) is 0 Å². The van der Waals surface area contributed by atoms with Gasteiger partial charge in [-0.1, -0.05) is 0 Å². The number of ether oxygens (including phenoxy) is 1. The van der Waals surface area contributed by atoms with Gasteiger partial charge in [0.25, 0.3) is 0 Å². The molecule has 0 aliphatic rings. The van der Waals surface area contributed by atoms with Crippen molar-refractivity contribution in [3.05, 3.63) is 42.5 Å². The molecule has 0 aliphatic carbocycles. The zero-order valence-electron chi connectivity index (χ0n) is 6.58. The fraction of sp³-hybridized carbons (Fsp3) is 0.111. The quantitative estimate of drug-likeness (QED) is 0.711. The maximum absolute atomic E-state index is 5.43. The summed E-state index contributed by atoms with van der Waals surface area (Å²) in [4.78, 5) is 5.99. The van der Waals surface area contributed by atoms with E-state index in [9.17, 15) is 0 Å². The van der Waals surface area contributed by atoms with Crippen LogP contribution >= 0.6 is 0 Å². The highest BCUT2D eigenvalue weighted by atomic mass is 16.5. The molecule has 0 saturated carbocycles. The third-order valence-corrected chi connectivity index (χ3v) is 1.63. The highest BCUT2D eigenvalue weighted by Crippen LogP contribution is 2.09. The maximum atomic E-state index is 5.43. The van der Waals surface area contributed by atoms with Crippen molar-refractivity contribution in [2.24, 2.45) is 0 Å². The smallest absolute Gasteiger partial charge is 0.137 e. The molecule has 0 bridgehead atoms. The van der Waals surface area contributed by atoms with Crippen molar-refractivity contribution in [1.29, 1.82) is 0 Å². The summed E-state index contributed by atoms with van der Waals surface area (Å²) in [5.74, 6) is 0.865. The monoisotopic (exact) mass is 162 g/mol. The summed E-state index contributed by atoms with van der Waals surface area (Å²) in [7, 11) is 0. The van der Waals surface area contributed by atoms with E-state index in [0.29, 0.717) is 6.61 Å². The SMILES string of the molecule is c1c[nH]c(COc2cc[nH]c2)c1. The predicted octanol–water partition coefficient (Wildman–Crippen LogP) is 1.92. The highest BCUT2D eigenvalue weighted by Gasteiger charge is 1.94. The van der Waals surface area contributed by atoms with Crippen molar-refractivity contribution < 1.29 is 4.74 Å². The Morgan fingerprint density at radius 2 is 2.25 bits per heavy atom. The molecular weight excluding hydrogens is 152 g/mol. The molecule has 0 aliphatic heterocycles. The van der Waals surface area contributed by atoms with Gasteiger partial charge in [-0.2, -0.15) is 0 Å². The van der Waals surface area contributed by atoms with Crippen molar-refractivity contribution in [3.63, 3.8) is 0 Å². The summed E-state index contributed by atoms with van der Waals surface area (Å²) in [6, 6.07) is 5.84. The largest absolute Gasteiger partial charge is 0.486 e. The third kappa shape index (κ3) is 1.50. The number of aromatic nitrogens is 2. The Hall–Kier alpha value is -1.64. The topological polar surface area (TPSA) is 40.8 Å². The third-order valence-electron chi connectivity index (χ3n) is 1.63. The van der Waals surface area contributed by atoms with Crippen LogP contribution in [-0.4, -0.2) is 9.97 Å². The average molecular weight is 162 g/mol. The molecule has 62 valence electrons. The lowest BCUT2D eigenvalue weighted by Crippen LogP contribution is -1.93. The minimum absolute atomic E-state index is 0.588. The van der Waals surface area contributed by atoms with E-state index in [1.54, 1.807) is 0 Å². The van der Waals surface area contributed by atoms with Crippen molar-refractivity contribution in [2.75, 3.05) is 0 Å². The summed E-state index contributed by atoms with van der Waals surface area (Å²) in [6.45, 7) is 0.588. The number of rotatable bonds is 3. The van der Waals surface area contributed by atoms with Crippen LogP contribution < -0.4 is 4.74 Å². The van der Waals surface area contributed by atoms with Crippen LogP contribution in [0.1, 0.15) is 5.69 Å². The van der Waals surface area contributed by atoms with Gasteiger partial charge in [0.15, 0.2) is 0 Å². The molecule has 0 atom stereocenters. The van der Waals surface area contributed by atoms with Crippen molar-refractivity contribution in [2.45, 2.75) is 6.61 Å². The molecule has 2 N–H and O–H groups in total. The predicted molar refractivity (Wildman–Crippen MR) is 45.9 cm³/mol. The van der Waals surface area contributed by atoms with E-state index in [1.807, 2.05) is 36.8 Å². The van der Waals surface area contributed by atoms with E-state index in [2.05, 4.69) is 9.97 Å². The van der Waals surface area contributed by atoms with Gasteiger partial charge in [-0.25, -0.2) is 0 Å². The normalized spacial score (nSPS) is 10.0. The molecule has 0 amide bonds. The first-order chi connectivity index (χ1) is 5.95. The summed E-state index contributed by atoms with van der Waals surface area (Å²) in [5.41, 5.74) is 1.08. The lowest BCUT2D eigenvalue weighted by atomic mass is 10.4. The number of hydrogen-bond donors (Lipinski definition) is 2. The summed E-state index contributed by atoms with van der Waals surface area (Å²) in [6.07, 6.45) is 5.54. The van der Waals surface area contributed by atoms with E-state index in [0.717, 1.165) is 11.4 Å². The molecule has 3 heteroatoms. The van der Waals surface area contributed by atoms with Crippen LogP contribution in [0.25, 0.3) is 0 Å². The summed E-state index contributed by atoms with van der Waals surface area (Å²) >= 11 is 0. The molecule has 2 heterocycles. The molecule has 0 spiro atoms. The lowest BCUT2D eigenvalue weighted by molar-refractivity contribution is 0.302. The molecule has 0 fully saturated rings. The fourth-order valence-electron chi connectivity index (χ4n) is 1.02. The van der Waals surface area contributed by atoms with E-state index >= 15 is 0 Å². The Labute approximate surface area is 70.4 Å². The second-order valence-corrected chi connectivity index (χ2v) is 2.53. The summed E-state index contributed by atoms with van der Waals surface area (Å²) in [5, 5.41) is 0. The Morgan fingerprint density at radius 3 is 2.92 bits per heavy atom. The van der Waals surface area contributed by atoms with Gasteiger partial charge >= 0.3 is 0 Å². The van der Waals surface area contributed by atoms with Crippen LogP contribution in [-0.2, 0) is 6.61 Å². The number of nitrogens with one attached hydrogen (secondary N) is 2. The minimum atomic E-state index is 0.588. The van der Waals surface area contributed by atoms with Gasteiger partial charge in [-0.3, -0.25) is 0 Å². The van der Waals surface area contributed by atoms with Gasteiger partial charge < -0.3 is 14.7 Å². The second kappa shape index (κ2) is 3.17. The number of H-pyrrole nitrogens is 2. The van der Waals surface area contributed by atoms with Gasteiger partial charge in [-0.05, 0) is 18.2 Å². The molecule has 2 rings (SSSR count). The molecule has 12 heavy (non-hydrogen) atoms. The summed E-state index contributed by atoms with van der Waals surface area (Å²) < 4.78 is 5.43. The van der Waals surface area contributed by atoms with E-state index < -0.39 is 0 Å². The van der Waals surface area contributed by atoms with Crippen LogP contribution in [0.2, 0.25) is 0 Å². The van der Waals surface area contributed by atoms with Crippen LogP contribution in [0, 0.1) is 0 Å². The van der Waals surface area contributed by atoms with Crippen LogP contribution in [0.4, 0.5) is 0 Å². The van der Waals surface area contributed by atoms with Crippen molar-refractivity contribution in [3.8, 4) is 5.75 Å². The Balaban J connectivity index is 1.91. The van der Waals surface area contributed by atoms with Gasteiger partial charge in [0.05, 0.1) is 5.69 Å². The van der Waals surface area contributed by atoms with Gasteiger partial charge in [0, 0.05) is 18.6 Å². The first-order valence-electron chi connectivity index (χ1n) is 3.83. The average Bonchev–Trinajstić information content (AvgIpc) is 2.74. The van der Waals surface area contributed by atoms with E-state index in [1.165, 1.54) is 0 Å². The molecular formula is C9H10N2O. The second-order valence-electron chi connectivity index (χ2n) is 2.53. The lowest BCUT2D eigenvalue weighted by Gasteiger charge is -1.99. The number of aromatic amines is 2. The fourth-order valence-corrected chi connectivity index (χ4v) is 1.02. The first-order valence-corrected chi connectivity index (χ1v) is 3.83. The standard InChI is InChI=1S/C9H10N2O/c1-2-8(11-4-1)7-12-9-3-5-10-6-9/h1-6,10-11H,7H2. The van der Waals surface area contributed by atoms with Crippen LogP contribution in [0.5, 0.6) is 5.75 Å². The Bertz CT molecular complexity index is 276. The Morgan fingerprint density at radius 1 is 1.25 bits per heavy atom. The first kappa shape index (κ1) is 7.03. The van der Waals surface area contributed by atoms with Gasteiger partial charge in [-0.15, -0.1) is 0 Å². The van der Waals surface area contributed by atoms with Gasteiger partial charge in [0.2, 0.25) is 0 Å². The molecule has 0 saturated heterocycles. The molecule has 2 aromatic rings. The molecule has 2 aromatic heterocycles. The van der Waals surface area contributed by atoms with Crippen LogP contribution in [0.3, 0.4) is 0 Å². The zero-order valence-corrected chi connectivity index (χ0v) is 6.58. The molecule has 0 aromatic carbocycles.